The first-order valence-corrected chi connectivity index (χ1v) is 9.91. The van der Waals surface area contributed by atoms with Gasteiger partial charge in [-0.15, -0.1) is 0 Å². The molecule has 0 atom stereocenters. The highest BCUT2D eigenvalue weighted by Crippen LogP contribution is 2.48. The predicted molar refractivity (Wildman–Crippen MR) is 105 cm³/mol. The molecule has 1 aliphatic heterocycles. The molecule has 1 saturated heterocycles. The van der Waals surface area contributed by atoms with Gasteiger partial charge < -0.3 is 15.5 Å². The Bertz CT molecular complexity index is 636. The average Bonchev–Trinajstić information content (AvgIpc) is 3.43. The second-order valence-electron chi connectivity index (χ2n) is 7.01. The van der Waals surface area contributed by atoms with Crippen LogP contribution in [0.1, 0.15) is 37.7 Å². The van der Waals surface area contributed by atoms with E-state index in [0.717, 1.165) is 36.9 Å². The molecule has 0 radical (unpaired) electrons. The monoisotopic (exact) mass is 406 g/mol. The van der Waals surface area contributed by atoms with Crippen LogP contribution in [0.15, 0.2) is 33.7 Å². The minimum Gasteiger partial charge on any atom is -0.356 e. The number of carbonyl (C=O) groups excluding carboxylic acids is 1. The van der Waals surface area contributed by atoms with Gasteiger partial charge in [0.05, 0.1) is 6.54 Å². The van der Waals surface area contributed by atoms with Gasteiger partial charge in [-0.3, -0.25) is 9.79 Å². The molecule has 1 amide bonds. The fourth-order valence-electron chi connectivity index (χ4n) is 3.42. The Labute approximate surface area is 158 Å². The van der Waals surface area contributed by atoms with Crippen LogP contribution in [-0.2, 0) is 10.2 Å². The van der Waals surface area contributed by atoms with Crippen LogP contribution in [0.3, 0.4) is 0 Å². The molecule has 1 aliphatic carbocycles. The standard InChI is InChI=1S/C19H27BrN4O/c1-21-18(22-13-17(25)24-10-3-2-4-11-24)23-14-19(8-9-19)15-6-5-7-16(20)12-15/h5-7,12H,2-4,8-11,13-14H2,1H3,(H2,21,22,23). The second kappa shape index (κ2) is 8.21. The van der Waals surface area contributed by atoms with Crippen LogP contribution in [0, 0.1) is 0 Å². The molecule has 1 aromatic rings. The van der Waals surface area contributed by atoms with Gasteiger partial charge in [-0.05, 0) is 49.8 Å². The molecule has 2 N–H and O–H groups in total. The summed E-state index contributed by atoms with van der Waals surface area (Å²) in [5.41, 5.74) is 1.55. The summed E-state index contributed by atoms with van der Waals surface area (Å²) in [6, 6.07) is 8.53. The summed E-state index contributed by atoms with van der Waals surface area (Å²) in [7, 11) is 1.75. The van der Waals surface area contributed by atoms with Crippen molar-refractivity contribution in [2.75, 3.05) is 33.2 Å². The smallest absolute Gasteiger partial charge is 0.241 e. The fourth-order valence-corrected chi connectivity index (χ4v) is 3.82. The fraction of sp³-hybridized carbons (Fsp3) is 0.579. The molecule has 0 bridgehead atoms. The van der Waals surface area contributed by atoms with Crippen molar-refractivity contribution in [2.45, 2.75) is 37.5 Å². The summed E-state index contributed by atoms with van der Waals surface area (Å²) in [5.74, 6) is 0.863. The van der Waals surface area contributed by atoms with Gasteiger partial charge in [0.15, 0.2) is 5.96 Å². The quantitative estimate of drug-likeness (QED) is 0.583. The molecule has 0 aromatic heterocycles. The van der Waals surface area contributed by atoms with E-state index in [2.05, 4.69) is 55.8 Å². The molecule has 6 heteroatoms. The first kappa shape index (κ1) is 18.2. The molecule has 1 heterocycles. The number of nitrogens with one attached hydrogen (secondary N) is 2. The Morgan fingerprint density at radius 2 is 2.00 bits per heavy atom. The van der Waals surface area contributed by atoms with E-state index in [0.29, 0.717) is 12.5 Å². The lowest BCUT2D eigenvalue weighted by Crippen LogP contribution is -2.47. The van der Waals surface area contributed by atoms with E-state index < -0.39 is 0 Å². The normalized spacial score (nSPS) is 19.4. The number of aliphatic imine (C=N–C) groups is 1. The van der Waals surface area contributed by atoms with Gasteiger partial charge in [0.2, 0.25) is 5.91 Å². The number of piperidine rings is 1. The number of guanidine groups is 1. The Balaban J connectivity index is 1.49. The first-order valence-electron chi connectivity index (χ1n) is 9.11. The van der Waals surface area contributed by atoms with E-state index >= 15 is 0 Å². The third kappa shape index (κ3) is 4.75. The number of rotatable bonds is 5. The minimum atomic E-state index is 0.163. The van der Waals surface area contributed by atoms with Gasteiger partial charge in [-0.1, -0.05) is 28.1 Å². The van der Waals surface area contributed by atoms with Crippen molar-refractivity contribution in [1.82, 2.24) is 15.5 Å². The van der Waals surface area contributed by atoms with E-state index in [1.54, 1.807) is 7.05 Å². The molecule has 0 unspecified atom stereocenters. The van der Waals surface area contributed by atoms with E-state index in [1.165, 1.54) is 24.8 Å². The summed E-state index contributed by atoms with van der Waals surface area (Å²) >= 11 is 3.56. The van der Waals surface area contributed by atoms with Gasteiger partial charge in [0, 0.05) is 36.6 Å². The molecule has 1 aromatic carbocycles. The first-order chi connectivity index (χ1) is 12.1. The van der Waals surface area contributed by atoms with Crippen LogP contribution in [0.4, 0.5) is 0 Å². The van der Waals surface area contributed by atoms with Crippen molar-refractivity contribution in [3.63, 3.8) is 0 Å². The van der Waals surface area contributed by atoms with Gasteiger partial charge in [0.1, 0.15) is 0 Å². The zero-order chi connectivity index (χ0) is 17.7. The van der Waals surface area contributed by atoms with E-state index in [1.807, 2.05) is 4.90 Å². The van der Waals surface area contributed by atoms with Crippen molar-refractivity contribution in [1.29, 1.82) is 0 Å². The number of hydrogen-bond donors (Lipinski definition) is 2. The summed E-state index contributed by atoms with van der Waals surface area (Å²) in [6.45, 7) is 2.92. The second-order valence-corrected chi connectivity index (χ2v) is 7.93. The maximum Gasteiger partial charge on any atom is 0.241 e. The van der Waals surface area contributed by atoms with Gasteiger partial charge in [-0.25, -0.2) is 0 Å². The van der Waals surface area contributed by atoms with Crippen molar-refractivity contribution in [3.05, 3.63) is 34.3 Å². The SMILES string of the molecule is CN=C(NCC(=O)N1CCCCC1)NCC1(c2cccc(Br)c2)CC1. The number of likely N-dealkylation sites (tertiary alicyclic amines) is 1. The highest BCUT2D eigenvalue weighted by Gasteiger charge is 2.44. The number of carbonyl (C=O) groups is 1. The van der Waals surface area contributed by atoms with Gasteiger partial charge >= 0.3 is 0 Å². The third-order valence-corrected chi connectivity index (χ3v) is 5.72. The topological polar surface area (TPSA) is 56.7 Å². The number of amides is 1. The number of nitrogens with zero attached hydrogens (tertiary/aromatic N) is 2. The summed E-state index contributed by atoms with van der Waals surface area (Å²) in [5, 5.41) is 6.57. The zero-order valence-electron chi connectivity index (χ0n) is 14.9. The van der Waals surface area contributed by atoms with Crippen LogP contribution >= 0.6 is 15.9 Å². The maximum absolute atomic E-state index is 12.3. The van der Waals surface area contributed by atoms with Crippen molar-refractivity contribution < 1.29 is 4.79 Å². The number of benzene rings is 1. The Kier molecular flexibility index (Phi) is 5.99. The molecule has 136 valence electrons. The highest BCUT2D eigenvalue weighted by atomic mass is 79.9. The van der Waals surface area contributed by atoms with Crippen molar-refractivity contribution in [3.8, 4) is 0 Å². The van der Waals surface area contributed by atoms with E-state index in [9.17, 15) is 4.79 Å². The lowest BCUT2D eigenvalue weighted by molar-refractivity contribution is -0.130. The molecule has 1 saturated carbocycles. The van der Waals surface area contributed by atoms with Crippen LogP contribution < -0.4 is 10.6 Å². The number of hydrogen-bond acceptors (Lipinski definition) is 2. The molecular weight excluding hydrogens is 380 g/mol. The molecule has 2 aliphatic rings. The Morgan fingerprint density at radius 3 is 2.64 bits per heavy atom. The van der Waals surface area contributed by atoms with E-state index in [-0.39, 0.29) is 11.3 Å². The molecule has 25 heavy (non-hydrogen) atoms. The Hall–Kier alpha value is -1.56. The predicted octanol–water partition coefficient (Wildman–Crippen LogP) is 2.66. The largest absolute Gasteiger partial charge is 0.356 e. The lowest BCUT2D eigenvalue weighted by Gasteiger charge is -2.27. The zero-order valence-corrected chi connectivity index (χ0v) is 16.4. The van der Waals surface area contributed by atoms with E-state index in [4.69, 9.17) is 0 Å². The van der Waals surface area contributed by atoms with Crippen molar-refractivity contribution >= 4 is 27.8 Å². The Morgan fingerprint density at radius 1 is 1.24 bits per heavy atom. The molecule has 3 rings (SSSR count). The molecule has 5 nitrogen and oxygen atoms in total. The van der Waals surface area contributed by atoms with Crippen LogP contribution in [0.5, 0.6) is 0 Å². The molecule has 0 spiro atoms. The van der Waals surface area contributed by atoms with Crippen LogP contribution in [-0.4, -0.2) is 50.0 Å². The van der Waals surface area contributed by atoms with Gasteiger partial charge in [-0.2, -0.15) is 0 Å². The lowest BCUT2D eigenvalue weighted by atomic mass is 9.96. The number of halogens is 1. The van der Waals surface area contributed by atoms with Crippen molar-refractivity contribution in [2.24, 2.45) is 4.99 Å². The van der Waals surface area contributed by atoms with Gasteiger partial charge in [0.25, 0.3) is 0 Å². The minimum absolute atomic E-state index is 0.163. The third-order valence-electron chi connectivity index (χ3n) is 5.22. The summed E-state index contributed by atoms with van der Waals surface area (Å²) < 4.78 is 1.12. The molecule has 2 fully saturated rings. The molecular formula is C19H27BrN4O. The highest BCUT2D eigenvalue weighted by molar-refractivity contribution is 9.10. The average molecular weight is 407 g/mol. The summed E-state index contributed by atoms with van der Waals surface area (Å²) in [4.78, 5) is 18.5. The maximum atomic E-state index is 12.3. The van der Waals surface area contributed by atoms with Crippen LogP contribution in [0.25, 0.3) is 0 Å². The van der Waals surface area contributed by atoms with Crippen LogP contribution in [0.2, 0.25) is 0 Å². The summed E-state index contributed by atoms with van der Waals surface area (Å²) in [6.07, 6.45) is 5.83.